The molecule has 0 radical (unpaired) electrons. The third-order valence-electron chi connectivity index (χ3n) is 13.8. The second-order valence-corrected chi connectivity index (χ2v) is 18.1. The number of likely N-dealkylation sites (N-methyl/N-ethyl adjacent to an activating group) is 1. The van der Waals surface area contributed by atoms with Crippen LogP contribution in [0, 0.1) is 35.0 Å². The third-order valence-corrected chi connectivity index (χ3v) is 13.8. The van der Waals surface area contributed by atoms with Crippen molar-refractivity contribution in [3.05, 3.63) is 47.5 Å². The first-order valence-corrected chi connectivity index (χ1v) is 20.6. The lowest BCUT2D eigenvalue weighted by molar-refractivity contribution is -0.183. The number of carbonyl (C=O) groups is 2. The van der Waals surface area contributed by atoms with Gasteiger partial charge in [-0.2, -0.15) is 5.06 Å². The lowest BCUT2D eigenvalue weighted by atomic mass is 9.45. The summed E-state index contributed by atoms with van der Waals surface area (Å²) in [5, 5.41) is 29.8. The summed E-state index contributed by atoms with van der Waals surface area (Å²) in [5.41, 5.74) is 4.17. The summed E-state index contributed by atoms with van der Waals surface area (Å²) in [6.45, 7) is 9.23. The van der Waals surface area contributed by atoms with E-state index in [2.05, 4.69) is 56.5 Å². The normalized spacial score (nSPS) is 29.0. The zero-order valence-corrected chi connectivity index (χ0v) is 34.7. The van der Waals surface area contributed by atoms with Gasteiger partial charge in [-0.1, -0.05) is 58.2 Å². The summed E-state index contributed by atoms with van der Waals surface area (Å²) in [5.74, 6) is 1.62. The minimum Gasteiger partial charge on any atom is -0.496 e. The van der Waals surface area contributed by atoms with Gasteiger partial charge >= 0.3 is 0 Å². The van der Waals surface area contributed by atoms with Crippen molar-refractivity contribution in [1.29, 1.82) is 0 Å². The molecule has 5 aliphatic rings. The molecule has 304 valence electrons. The summed E-state index contributed by atoms with van der Waals surface area (Å²) in [7, 11) is 9.68. The van der Waals surface area contributed by atoms with Gasteiger partial charge in [0, 0.05) is 61.0 Å². The number of rotatable bonds is 14. The molecule has 7 rings (SSSR count). The van der Waals surface area contributed by atoms with Crippen molar-refractivity contribution in [2.24, 2.45) is 35.0 Å². The quantitative estimate of drug-likeness (QED) is 0.202. The van der Waals surface area contributed by atoms with E-state index in [0.717, 1.165) is 48.2 Å². The molecule has 11 nitrogen and oxygen atoms in total. The maximum Gasteiger partial charge on any atom is 0.251 e. The predicted molar refractivity (Wildman–Crippen MR) is 217 cm³/mol. The Morgan fingerprint density at radius 3 is 2.40 bits per heavy atom. The number of benzene rings is 2. The standard InChI is InChI=1S/C44H67N5O6/c1-26-35-21-32(44(35,3)4)22-36(26)45-43(53)40-39(27(2)51)38(25-50)55-49(40)23-29-16-13-17-34(41(29)54-9)30-18-31(20-33(19-30)48(7)8)42(52)46-37(24-47(5)6)28-14-11-10-12-15-28/h13,16-20,26-28,32,35-40,50-51H,10-12,14-15,21-25H2,1-9H3,(H,45,53)(H,46,52)/t26-,27-,32-,35-,36-,37+,38-,39+,40-/m0/s1. The van der Waals surface area contributed by atoms with Crippen molar-refractivity contribution < 1.29 is 29.4 Å². The second-order valence-electron chi connectivity index (χ2n) is 18.1. The smallest absolute Gasteiger partial charge is 0.251 e. The highest BCUT2D eigenvalue weighted by Crippen LogP contribution is 2.61. The van der Waals surface area contributed by atoms with E-state index in [9.17, 15) is 19.8 Å². The fourth-order valence-electron chi connectivity index (χ4n) is 10.5. The average Bonchev–Trinajstić information content (AvgIpc) is 3.53. The zero-order valence-electron chi connectivity index (χ0n) is 34.7. The van der Waals surface area contributed by atoms with Gasteiger partial charge in [0.15, 0.2) is 0 Å². The van der Waals surface area contributed by atoms with Crippen LogP contribution in [0.5, 0.6) is 5.75 Å². The van der Waals surface area contributed by atoms with Crippen LogP contribution in [-0.4, -0.2) is 111 Å². The monoisotopic (exact) mass is 762 g/mol. The Balaban J connectivity index is 1.28. The third kappa shape index (κ3) is 8.56. The Morgan fingerprint density at radius 1 is 1.07 bits per heavy atom. The molecule has 0 aromatic heterocycles. The first-order valence-electron chi connectivity index (χ1n) is 20.6. The average molecular weight is 762 g/mol. The lowest BCUT2D eigenvalue weighted by Crippen LogP contribution is -2.62. The van der Waals surface area contributed by atoms with E-state index in [0.29, 0.717) is 35.0 Å². The van der Waals surface area contributed by atoms with E-state index in [1.807, 2.05) is 49.3 Å². The Kier molecular flexibility index (Phi) is 12.9. The first kappa shape index (κ1) is 41.4. The van der Waals surface area contributed by atoms with E-state index in [1.165, 1.54) is 25.7 Å². The van der Waals surface area contributed by atoms with Crippen LogP contribution in [0.1, 0.15) is 88.6 Å². The van der Waals surface area contributed by atoms with Crippen molar-refractivity contribution in [3.63, 3.8) is 0 Å². The van der Waals surface area contributed by atoms with Crippen LogP contribution >= 0.6 is 0 Å². The molecule has 1 heterocycles. The number of fused-ring (bicyclic) bond motifs is 2. The highest BCUT2D eigenvalue weighted by atomic mass is 16.7. The van der Waals surface area contributed by atoms with E-state index < -0.39 is 24.2 Å². The number of anilines is 1. The molecule has 9 atom stereocenters. The number of methoxy groups -OCH3 is 1. The molecule has 1 saturated heterocycles. The minimum absolute atomic E-state index is 0.0445. The van der Waals surface area contributed by atoms with Gasteiger partial charge < -0.3 is 35.4 Å². The van der Waals surface area contributed by atoms with Crippen molar-refractivity contribution in [1.82, 2.24) is 20.6 Å². The van der Waals surface area contributed by atoms with Crippen LogP contribution in [-0.2, 0) is 16.2 Å². The highest BCUT2D eigenvalue weighted by molar-refractivity contribution is 5.97. The molecule has 2 bridgehead atoms. The fourth-order valence-corrected chi connectivity index (χ4v) is 10.5. The molecule has 5 fully saturated rings. The molecular formula is C44H67N5O6. The van der Waals surface area contributed by atoms with Crippen LogP contribution in [0.2, 0.25) is 0 Å². The Bertz CT molecular complexity index is 1660. The van der Waals surface area contributed by atoms with Crippen LogP contribution < -0.4 is 20.3 Å². The van der Waals surface area contributed by atoms with Gasteiger partial charge in [0.1, 0.15) is 17.9 Å². The molecule has 55 heavy (non-hydrogen) atoms. The predicted octanol–water partition coefficient (Wildman–Crippen LogP) is 5.33. The van der Waals surface area contributed by atoms with Crippen LogP contribution in [0.25, 0.3) is 11.1 Å². The van der Waals surface area contributed by atoms with Crippen LogP contribution in [0.3, 0.4) is 0 Å². The number of amides is 2. The van der Waals surface area contributed by atoms with Crippen molar-refractivity contribution in [2.45, 2.75) is 110 Å². The molecule has 0 spiro atoms. The molecule has 2 amide bonds. The molecule has 4 N–H and O–H groups in total. The van der Waals surface area contributed by atoms with E-state index in [4.69, 9.17) is 9.57 Å². The van der Waals surface area contributed by atoms with Gasteiger partial charge in [0.25, 0.3) is 5.91 Å². The molecule has 2 aromatic carbocycles. The van der Waals surface area contributed by atoms with Gasteiger partial charge in [-0.05, 0) is 99.6 Å². The van der Waals surface area contributed by atoms with Gasteiger partial charge in [-0.3, -0.25) is 14.4 Å². The molecular weight excluding hydrogens is 695 g/mol. The summed E-state index contributed by atoms with van der Waals surface area (Å²) in [4.78, 5) is 38.8. The highest BCUT2D eigenvalue weighted by Gasteiger charge is 2.57. The molecule has 0 unspecified atom stereocenters. The number of aliphatic hydroxyl groups is 2. The Labute approximate surface area is 329 Å². The van der Waals surface area contributed by atoms with Crippen molar-refractivity contribution >= 4 is 17.5 Å². The van der Waals surface area contributed by atoms with E-state index >= 15 is 0 Å². The minimum atomic E-state index is -0.893. The number of ether oxygens (including phenoxy) is 1. The van der Waals surface area contributed by atoms with E-state index in [1.54, 1.807) is 19.1 Å². The van der Waals surface area contributed by atoms with Crippen molar-refractivity contribution in [2.75, 3.05) is 53.4 Å². The summed E-state index contributed by atoms with van der Waals surface area (Å²) < 4.78 is 6.12. The number of nitrogens with one attached hydrogen (secondary N) is 2. The number of nitrogens with zero attached hydrogens (tertiary/aromatic N) is 3. The fraction of sp³-hybridized carbons (Fsp3) is 0.682. The topological polar surface area (TPSA) is 127 Å². The van der Waals surface area contributed by atoms with Crippen LogP contribution in [0.4, 0.5) is 5.69 Å². The number of carbonyl (C=O) groups excluding carboxylic acids is 2. The van der Waals surface area contributed by atoms with E-state index in [-0.39, 0.29) is 42.5 Å². The number of aliphatic hydroxyl groups excluding tert-OH is 2. The molecule has 11 heteroatoms. The zero-order chi connectivity index (χ0) is 39.8. The summed E-state index contributed by atoms with van der Waals surface area (Å²) >= 11 is 0. The summed E-state index contributed by atoms with van der Waals surface area (Å²) in [6, 6.07) is 11.1. The van der Waals surface area contributed by atoms with Gasteiger partial charge in [0.05, 0.1) is 26.4 Å². The Hall–Kier alpha value is -3.22. The maximum atomic E-state index is 14.3. The van der Waals surface area contributed by atoms with Gasteiger partial charge in [-0.15, -0.1) is 0 Å². The second kappa shape index (κ2) is 17.1. The van der Waals surface area contributed by atoms with Gasteiger partial charge in [-0.25, -0.2) is 0 Å². The van der Waals surface area contributed by atoms with Crippen molar-refractivity contribution in [3.8, 4) is 16.9 Å². The SMILES string of the molecule is COc1c(CN2O[C@@H](CO)[C@@H]([C@H](C)O)[C@H]2C(=O)N[C@H]2C[C@@H]3C[C@@H]([C@@H]2C)C3(C)C)cccc1-c1cc(C(=O)N[C@H](CN(C)C)C2CCCCC2)cc(N(C)C)c1. The number of para-hydroxylation sites is 1. The number of hydroxylamine groups is 2. The molecule has 4 aliphatic carbocycles. The molecule has 1 aliphatic heterocycles. The maximum absolute atomic E-state index is 14.3. The van der Waals surface area contributed by atoms with Crippen LogP contribution in [0.15, 0.2) is 36.4 Å². The summed E-state index contributed by atoms with van der Waals surface area (Å²) in [6.07, 6.45) is 6.43. The largest absolute Gasteiger partial charge is 0.496 e. The number of hydrogen-bond donors (Lipinski definition) is 4. The Morgan fingerprint density at radius 2 is 1.80 bits per heavy atom. The first-order chi connectivity index (χ1) is 26.1. The lowest BCUT2D eigenvalue weighted by Gasteiger charge is -2.62. The molecule has 4 saturated carbocycles. The number of hydrogen-bond acceptors (Lipinski definition) is 9. The van der Waals surface area contributed by atoms with Gasteiger partial charge in [0.2, 0.25) is 5.91 Å². The molecule has 2 aromatic rings.